The Morgan fingerprint density at radius 3 is 2.52 bits per heavy atom. The van der Waals surface area contributed by atoms with Gasteiger partial charge in [-0.3, -0.25) is 4.79 Å². The zero-order valence-corrected chi connectivity index (χ0v) is 13.3. The summed E-state index contributed by atoms with van der Waals surface area (Å²) in [5, 5.41) is 0. The summed E-state index contributed by atoms with van der Waals surface area (Å²) in [5.74, 6) is 0.396. The smallest absolute Gasteiger partial charge is 0.254 e. The van der Waals surface area contributed by atoms with Gasteiger partial charge in [-0.1, -0.05) is 20.8 Å². The van der Waals surface area contributed by atoms with E-state index in [4.69, 9.17) is 10.5 Å². The van der Waals surface area contributed by atoms with Crippen LogP contribution < -0.4 is 5.73 Å². The summed E-state index contributed by atoms with van der Waals surface area (Å²) in [7, 11) is 1.85. The van der Waals surface area contributed by atoms with Crippen LogP contribution in [-0.4, -0.2) is 42.1 Å². The van der Waals surface area contributed by atoms with Gasteiger partial charge in [-0.05, 0) is 25.0 Å². The van der Waals surface area contributed by atoms with Crippen LogP contribution in [0.1, 0.15) is 49.7 Å². The molecule has 0 radical (unpaired) electrons. The highest BCUT2D eigenvalue weighted by molar-refractivity contribution is 5.95. The van der Waals surface area contributed by atoms with Crippen molar-refractivity contribution in [2.75, 3.05) is 26.0 Å². The normalized spacial score (nSPS) is 16.8. The van der Waals surface area contributed by atoms with Crippen molar-refractivity contribution in [3.63, 3.8) is 0 Å². The van der Waals surface area contributed by atoms with Gasteiger partial charge in [0.15, 0.2) is 0 Å². The van der Waals surface area contributed by atoms with Crippen molar-refractivity contribution in [2.45, 2.75) is 45.1 Å². The van der Waals surface area contributed by atoms with Gasteiger partial charge in [0.1, 0.15) is 5.82 Å². The predicted molar refractivity (Wildman–Crippen MR) is 83.3 cm³/mol. The number of anilines is 1. The van der Waals surface area contributed by atoms with Gasteiger partial charge >= 0.3 is 0 Å². The molecular weight excluding hydrogens is 266 g/mol. The minimum atomic E-state index is -0.137. The van der Waals surface area contributed by atoms with Crippen LogP contribution in [0, 0.1) is 0 Å². The van der Waals surface area contributed by atoms with Gasteiger partial charge in [0.25, 0.3) is 5.91 Å². The van der Waals surface area contributed by atoms with Gasteiger partial charge < -0.3 is 15.4 Å². The standard InChI is InChI=1S/C16H25N3O2/c1-16(2,3)13-9-11(10-14(17)18-13)15(20)19(4)12-5-7-21-8-6-12/h9-10,12H,5-8H2,1-4H3,(H2,17,18). The Bertz CT molecular complexity index is 517. The van der Waals surface area contributed by atoms with Crippen molar-refractivity contribution in [1.82, 2.24) is 9.88 Å². The number of carbonyl (C=O) groups excluding carboxylic acids is 1. The summed E-state index contributed by atoms with van der Waals surface area (Å²) in [6.07, 6.45) is 1.77. The first-order valence-electron chi connectivity index (χ1n) is 7.42. The van der Waals surface area contributed by atoms with Crippen LogP contribution in [0.15, 0.2) is 12.1 Å². The Kier molecular flexibility index (Phi) is 4.52. The molecule has 2 heterocycles. The third kappa shape index (κ3) is 3.73. The molecule has 1 fully saturated rings. The second-order valence-corrected chi connectivity index (χ2v) is 6.68. The van der Waals surface area contributed by atoms with E-state index in [-0.39, 0.29) is 17.4 Å². The summed E-state index contributed by atoms with van der Waals surface area (Å²) in [5.41, 5.74) is 7.18. The molecule has 0 unspecified atom stereocenters. The predicted octanol–water partition coefficient (Wildman–Crippen LogP) is 2.21. The maximum absolute atomic E-state index is 12.7. The molecule has 5 heteroatoms. The molecule has 5 nitrogen and oxygen atoms in total. The van der Waals surface area contributed by atoms with E-state index < -0.39 is 0 Å². The van der Waals surface area contributed by atoms with Gasteiger partial charge in [0.2, 0.25) is 0 Å². The number of nitrogens with zero attached hydrogens (tertiary/aromatic N) is 2. The number of nitrogens with two attached hydrogens (primary N) is 1. The van der Waals surface area contributed by atoms with E-state index >= 15 is 0 Å². The van der Waals surface area contributed by atoms with Crippen LogP contribution in [0.4, 0.5) is 5.82 Å². The number of pyridine rings is 1. The van der Waals surface area contributed by atoms with Crippen molar-refractivity contribution in [3.05, 3.63) is 23.4 Å². The molecule has 2 N–H and O–H groups in total. The van der Waals surface area contributed by atoms with Gasteiger partial charge in [-0.25, -0.2) is 4.98 Å². The highest BCUT2D eigenvalue weighted by atomic mass is 16.5. The minimum Gasteiger partial charge on any atom is -0.384 e. The minimum absolute atomic E-state index is 0.00139. The molecule has 0 atom stereocenters. The van der Waals surface area contributed by atoms with Gasteiger partial charge in [-0.15, -0.1) is 0 Å². The summed E-state index contributed by atoms with van der Waals surface area (Å²) >= 11 is 0. The molecule has 2 rings (SSSR count). The average Bonchev–Trinajstić information content (AvgIpc) is 2.45. The number of ether oxygens (including phenoxy) is 1. The molecule has 1 saturated heterocycles. The Balaban J connectivity index is 2.24. The molecule has 1 aliphatic heterocycles. The first-order valence-corrected chi connectivity index (χ1v) is 7.42. The molecule has 1 aromatic rings. The molecule has 0 bridgehead atoms. The number of aromatic nitrogens is 1. The topological polar surface area (TPSA) is 68.5 Å². The van der Waals surface area contributed by atoms with E-state index in [0.717, 1.165) is 18.5 Å². The van der Waals surface area contributed by atoms with Crippen molar-refractivity contribution in [3.8, 4) is 0 Å². The summed E-state index contributed by atoms with van der Waals surface area (Å²) < 4.78 is 5.35. The number of amides is 1. The molecule has 116 valence electrons. The molecule has 1 aliphatic rings. The highest BCUT2D eigenvalue weighted by Gasteiger charge is 2.25. The van der Waals surface area contributed by atoms with Crippen LogP contribution in [0.5, 0.6) is 0 Å². The van der Waals surface area contributed by atoms with E-state index in [9.17, 15) is 4.79 Å². The monoisotopic (exact) mass is 291 g/mol. The molecular formula is C16H25N3O2. The van der Waals surface area contributed by atoms with Crippen LogP contribution in [0.3, 0.4) is 0 Å². The SMILES string of the molecule is CN(C(=O)c1cc(N)nc(C(C)(C)C)c1)C1CCOCC1. The maximum Gasteiger partial charge on any atom is 0.254 e. The maximum atomic E-state index is 12.7. The van der Waals surface area contributed by atoms with E-state index in [0.29, 0.717) is 24.6 Å². The van der Waals surface area contributed by atoms with Crippen molar-refractivity contribution in [1.29, 1.82) is 0 Å². The first-order chi connectivity index (χ1) is 9.79. The quantitative estimate of drug-likeness (QED) is 0.907. The zero-order chi connectivity index (χ0) is 15.6. The molecule has 0 spiro atoms. The summed E-state index contributed by atoms with van der Waals surface area (Å²) in [6.45, 7) is 7.61. The van der Waals surface area contributed by atoms with Crippen LogP contribution in [0.25, 0.3) is 0 Å². The zero-order valence-electron chi connectivity index (χ0n) is 13.3. The third-order valence-electron chi connectivity index (χ3n) is 3.92. The fraction of sp³-hybridized carbons (Fsp3) is 0.625. The number of nitrogen functional groups attached to an aromatic ring is 1. The molecule has 21 heavy (non-hydrogen) atoms. The number of hydrogen-bond acceptors (Lipinski definition) is 4. The Labute approximate surface area is 126 Å². The Morgan fingerprint density at radius 2 is 1.95 bits per heavy atom. The molecule has 0 aliphatic carbocycles. The molecule has 0 saturated carbocycles. The number of carbonyl (C=O) groups is 1. The van der Waals surface area contributed by atoms with Gasteiger partial charge in [-0.2, -0.15) is 0 Å². The first kappa shape index (κ1) is 15.8. The van der Waals surface area contributed by atoms with E-state index in [1.807, 2.05) is 18.0 Å². The molecule has 1 amide bonds. The van der Waals surface area contributed by atoms with Gasteiger partial charge in [0.05, 0.1) is 0 Å². The highest BCUT2D eigenvalue weighted by Crippen LogP contribution is 2.24. The van der Waals surface area contributed by atoms with E-state index in [2.05, 4.69) is 25.8 Å². The van der Waals surface area contributed by atoms with Gasteiger partial charge in [0, 0.05) is 43.0 Å². The van der Waals surface area contributed by atoms with E-state index in [1.165, 1.54) is 0 Å². The van der Waals surface area contributed by atoms with Crippen molar-refractivity contribution >= 4 is 11.7 Å². The fourth-order valence-electron chi connectivity index (χ4n) is 2.50. The molecule has 0 aromatic carbocycles. The third-order valence-corrected chi connectivity index (χ3v) is 3.92. The largest absolute Gasteiger partial charge is 0.384 e. The average molecular weight is 291 g/mol. The Hall–Kier alpha value is -1.62. The number of hydrogen-bond donors (Lipinski definition) is 1. The second-order valence-electron chi connectivity index (χ2n) is 6.68. The van der Waals surface area contributed by atoms with E-state index in [1.54, 1.807) is 6.07 Å². The van der Waals surface area contributed by atoms with Crippen molar-refractivity contribution < 1.29 is 9.53 Å². The summed E-state index contributed by atoms with van der Waals surface area (Å²) in [4.78, 5) is 18.8. The van der Waals surface area contributed by atoms with Crippen LogP contribution in [-0.2, 0) is 10.2 Å². The second kappa shape index (κ2) is 6.02. The Morgan fingerprint density at radius 1 is 1.33 bits per heavy atom. The fourth-order valence-corrected chi connectivity index (χ4v) is 2.50. The van der Waals surface area contributed by atoms with Crippen molar-refractivity contribution in [2.24, 2.45) is 0 Å². The van der Waals surface area contributed by atoms with Crippen LogP contribution in [0.2, 0.25) is 0 Å². The van der Waals surface area contributed by atoms with Crippen LogP contribution >= 0.6 is 0 Å². The molecule has 1 aromatic heterocycles. The lowest BCUT2D eigenvalue weighted by Crippen LogP contribution is -2.40. The number of rotatable bonds is 2. The lowest BCUT2D eigenvalue weighted by molar-refractivity contribution is 0.0362. The summed E-state index contributed by atoms with van der Waals surface area (Å²) in [6, 6.07) is 3.75. The lowest BCUT2D eigenvalue weighted by atomic mass is 9.90. The lowest BCUT2D eigenvalue weighted by Gasteiger charge is -2.31.